The molecule has 0 radical (unpaired) electrons. The lowest BCUT2D eigenvalue weighted by molar-refractivity contribution is 0.397. The van der Waals surface area contributed by atoms with Gasteiger partial charge in [0.05, 0.1) is 14.2 Å². The van der Waals surface area contributed by atoms with Gasteiger partial charge in [0.25, 0.3) is 0 Å². The van der Waals surface area contributed by atoms with Crippen LogP contribution >= 0.6 is 0 Å². The first kappa shape index (κ1) is 13.5. The molecule has 19 heavy (non-hydrogen) atoms. The maximum Gasteiger partial charge on any atom is 0.148 e. The van der Waals surface area contributed by atoms with E-state index in [2.05, 4.69) is 30.2 Å². The van der Waals surface area contributed by atoms with E-state index in [1.165, 1.54) is 0 Å². The molecule has 0 atom stereocenters. The Balaban J connectivity index is 2.75. The Bertz CT molecular complexity index is 582. The molecule has 102 valence electrons. The van der Waals surface area contributed by atoms with Crippen molar-refractivity contribution in [3.8, 4) is 11.5 Å². The van der Waals surface area contributed by atoms with Crippen LogP contribution in [0.25, 0.3) is 10.9 Å². The first-order valence-electron chi connectivity index (χ1n) is 6.53. The summed E-state index contributed by atoms with van der Waals surface area (Å²) in [5.74, 6) is 1.51. The number of benzene rings is 1. The molecule has 1 aromatic heterocycles. The Morgan fingerprint density at radius 3 is 2.47 bits per heavy atom. The quantitative estimate of drug-likeness (QED) is 0.896. The molecule has 0 unspecified atom stereocenters. The van der Waals surface area contributed by atoms with Gasteiger partial charge in [-0.15, -0.1) is 0 Å². The highest BCUT2D eigenvalue weighted by atomic mass is 16.5. The minimum Gasteiger partial charge on any atom is -0.497 e. The van der Waals surface area contributed by atoms with Gasteiger partial charge in [-0.05, 0) is 25.5 Å². The van der Waals surface area contributed by atoms with Gasteiger partial charge in [-0.2, -0.15) is 0 Å². The van der Waals surface area contributed by atoms with E-state index in [9.17, 15) is 0 Å². The Morgan fingerprint density at radius 2 is 1.89 bits per heavy atom. The number of nitrogens with one attached hydrogen (secondary N) is 1. The molecule has 0 aliphatic heterocycles. The molecule has 4 heteroatoms. The van der Waals surface area contributed by atoms with Gasteiger partial charge in [0.15, 0.2) is 0 Å². The van der Waals surface area contributed by atoms with Crippen LogP contribution in [0.2, 0.25) is 0 Å². The van der Waals surface area contributed by atoms with Crippen molar-refractivity contribution in [2.75, 3.05) is 26.1 Å². The second-order valence-electron chi connectivity index (χ2n) is 4.27. The number of pyridine rings is 1. The highest BCUT2D eigenvalue weighted by molar-refractivity contribution is 5.96. The van der Waals surface area contributed by atoms with E-state index in [1.54, 1.807) is 14.2 Å². The number of aryl methyl sites for hydroxylation is 1. The van der Waals surface area contributed by atoms with Gasteiger partial charge in [0.1, 0.15) is 17.0 Å². The van der Waals surface area contributed by atoms with E-state index in [0.717, 1.165) is 46.7 Å². The second-order valence-corrected chi connectivity index (χ2v) is 4.27. The fraction of sp³-hybridized carbons (Fsp3) is 0.400. The fourth-order valence-corrected chi connectivity index (χ4v) is 2.11. The van der Waals surface area contributed by atoms with Gasteiger partial charge in [0.2, 0.25) is 0 Å². The number of ether oxygens (including phenoxy) is 2. The lowest BCUT2D eigenvalue weighted by Gasteiger charge is -2.14. The molecule has 0 amide bonds. The third-order valence-corrected chi connectivity index (χ3v) is 3.09. The van der Waals surface area contributed by atoms with E-state index in [4.69, 9.17) is 9.47 Å². The van der Waals surface area contributed by atoms with E-state index < -0.39 is 0 Å². The highest BCUT2D eigenvalue weighted by Crippen LogP contribution is 2.34. The SMILES string of the molecule is CCNc1cc(CC)nc2c(OC)cc(OC)cc12. The lowest BCUT2D eigenvalue weighted by atomic mass is 10.1. The summed E-state index contributed by atoms with van der Waals surface area (Å²) in [7, 11) is 3.31. The van der Waals surface area contributed by atoms with Crippen LogP contribution in [-0.2, 0) is 6.42 Å². The molecule has 2 rings (SSSR count). The van der Waals surface area contributed by atoms with Crippen LogP contribution < -0.4 is 14.8 Å². The van der Waals surface area contributed by atoms with Gasteiger partial charge in [-0.3, -0.25) is 0 Å². The number of aromatic nitrogens is 1. The Labute approximate surface area is 113 Å². The molecule has 0 saturated heterocycles. The number of rotatable bonds is 5. The average Bonchev–Trinajstić information content (AvgIpc) is 2.46. The predicted octanol–water partition coefficient (Wildman–Crippen LogP) is 3.25. The lowest BCUT2D eigenvalue weighted by Crippen LogP contribution is -2.01. The molecule has 1 heterocycles. The zero-order chi connectivity index (χ0) is 13.8. The van der Waals surface area contributed by atoms with Gasteiger partial charge < -0.3 is 14.8 Å². The van der Waals surface area contributed by atoms with Gasteiger partial charge in [-0.1, -0.05) is 6.92 Å². The van der Waals surface area contributed by atoms with Crippen molar-refractivity contribution >= 4 is 16.6 Å². The molecule has 1 aromatic carbocycles. The fourth-order valence-electron chi connectivity index (χ4n) is 2.11. The summed E-state index contributed by atoms with van der Waals surface area (Å²) < 4.78 is 10.8. The molecule has 4 nitrogen and oxygen atoms in total. The summed E-state index contributed by atoms with van der Waals surface area (Å²) in [5, 5.41) is 4.40. The monoisotopic (exact) mass is 260 g/mol. The van der Waals surface area contributed by atoms with Gasteiger partial charge in [0, 0.05) is 29.4 Å². The summed E-state index contributed by atoms with van der Waals surface area (Å²) in [6.45, 7) is 5.04. The van der Waals surface area contributed by atoms with E-state index >= 15 is 0 Å². The Hall–Kier alpha value is -1.97. The average molecular weight is 260 g/mol. The van der Waals surface area contributed by atoms with Crippen molar-refractivity contribution in [1.82, 2.24) is 4.98 Å². The number of nitrogens with zero attached hydrogens (tertiary/aromatic N) is 1. The third kappa shape index (κ3) is 2.57. The number of methoxy groups -OCH3 is 2. The van der Waals surface area contributed by atoms with Crippen molar-refractivity contribution in [2.45, 2.75) is 20.3 Å². The van der Waals surface area contributed by atoms with Crippen molar-refractivity contribution < 1.29 is 9.47 Å². The number of hydrogen-bond donors (Lipinski definition) is 1. The Kier molecular flexibility index (Phi) is 4.10. The summed E-state index contributed by atoms with van der Waals surface area (Å²) >= 11 is 0. The van der Waals surface area contributed by atoms with Crippen LogP contribution in [0, 0.1) is 0 Å². The molecule has 0 fully saturated rings. The molecular weight excluding hydrogens is 240 g/mol. The topological polar surface area (TPSA) is 43.4 Å². The maximum atomic E-state index is 5.43. The van der Waals surface area contributed by atoms with Crippen molar-refractivity contribution in [2.24, 2.45) is 0 Å². The first-order valence-corrected chi connectivity index (χ1v) is 6.53. The van der Waals surface area contributed by atoms with Crippen molar-refractivity contribution in [3.05, 3.63) is 23.9 Å². The van der Waals surface area contributed by atoms with Crippen LogP contribution in [-0.4, -0.2) is 25.7 Å². The zero-order valence-electron chi connectivity index (χ0n) is 11.9. The van der Waals surface area contributed by atoms with Crippen LogP contribution in [0.1, 0.15) is 19.5 Å². The molecule has 0 aliphatic carbocycles. The van der Waals surface area contributed by atoms with Crippen LogP contribution in [0.3, 0.4) is 0 Å². The zero-order valence-corrected chi connectivity index (χ0v) is 11.9. The largest absolute Gasteiger partial charge is 0.497 e. The van der Waals surface area contributed by atoms with Crippen LogP contribution in [0.15, 0.2) is 18.2 Å². The van der Waals surface area contributed by atoms with Crippen LogP contribution in [0.5, 0.6) is 11.5 Å². The molecule has 0 aliphatic rings. The second kappa shape index (κ2) is 5.78. The first-order chi connectivity index (χ1) is 9.23. The molecule has 2 aromatic rings. The molecule has 0 spiro atoms. The predicted molar refractivity (Wildman–Crippen MR) is 78.4 cm³/mol. The number of anilines is 1. The summed E-state index contributed by atoms with van der Waals surface area (Å²) in [6, 6.07) is 5.94. The van der Waals surface area contributed by atoms with Crippen molar-refractivity contribution in [1.29, 1.82) is 0 Å². The molecular formula is C15H20N2O2. The third-order valence-electron chi connectivity index (χ3n) is 3.09. The highest BCUT2D eigenvalue weighted by Gasteiger charge is 2.11. The van der Waals surface area contributed by atoms with E-state index in [-0.39, 0.29) is 0 Å². The Morgan fingerprint density at radius 1 is 1.11 bits per heavy atom. The maximum absolute atomic E-state index is 5.43. The smallest absolute Gasteiger partial charge is 0.148 e. The van der Waals surface area contributed by atoms with Gasteiger partial charge >= 0.3 is 0 Å². The summed E-state index contributed by atoms with van der Waals surface area (Å²) in [4.78, 5) is 4.66. The minimum absolute atomic E-state index is 0.740. The van der Waals surface area contributed by atoms with E-state index in [0.29, 0.717) is 0 Å². The van der Waals surface area contributed by atoms with Crippen molar-refractivity contribution in [3.63, 3.8) is 0 Å². The normalized spacial score (nSPS) is 10.5. The molecule has 0 saturated carbocycles. The van der Waals surface area contributed by atoms with Crippen LogP contribution in [0.4, 0.5) is 5.69 Å². The summed E-state index contributed by atoms with van der Waals surface area (Å²) in [5.41, 5.74) is 2.99. The standard InChI is InChI=1S/C15H20N2O2/c1-5-10-7-13(16-6-2)12-8-11(18-3)9-14(19-4)15(12)17-10/h7-9H,5-6H2,1-4H3,(H,16,17). The number of hydrogen-bond acceptors (Lipinski definition) is 4. The molecule has 1 N–H and O–H groups in total. The van der Waals surface area contributed by atoms with E-state index in [1.807, 2.05) is 12.1 Å². The summed E-state index contributed by atoms with van der Waals surface area (Å²) in [6.07, 6.45) is 0.892. The molecule has 0 bridgehead atoms. The van der Waals surface area contributed by atoms with Gasteiger partial charge in [-0.25, -0.2) is 4.98 Å². The number of fused-ring (bicyclic) bond motifs is 1. The minimum atomic E-state index is 0.740.